The molecule has 2 fully saturated rings. The number of hydrogen-bond acceptors (Lipinski definition) is 5. The lowest BCUT2D eigenvalue weighted by molar-refractivity contribution is -0.117. The largest absolute Gasteiger partial charge is 0.497 e. The van der Waals surface area contributed by atoms with Crippen molar-refractivity contribution in [1.29, 1.82) is 0 Å². The van der Waals surface area contributed by atoms with Crippen molar-refractivity contribution in [3.8, 4) is 5.75 Å². The molecule has 0 bridgehead atoms. The van der Waals surface area contributed by atoms with Crippen LogP contribution >= 0.6 is 0 Å². The van der Waals surface area contributed by atoms with Crippen LogP contribution in [-0.4, -0.2) is 51.9 Å². The first-order chi connectivity index (χ1) is 16.1. The van der Waals surface area contributed by atoms with E-state index in [1.165, 1.54) is 30.5 Å². The van der Waals surface area contributed by atoms with Crippen LogP contribution in [0.5, 0.6) is 5.75 Å². The van der Waals surface area contributed by atoms with Crippen molar-refractivity contribution in [2.75, 3.05) is 50.2 Å². The van der Waals surface area contributed by atoms with Crippen LogP contribution in [0.3, 0.4) is 0 Å². The third kappa shape index (κ3) is 5.87. The molecule has 1 atom stereocenters. The Labute approximate surface area is 197 Å². The number of ether oxygens (including phenoxy) is 2. The lowest BCUT2D eigenvalue weighted by Crippen LogP contribution is -2.46. The summed E-state index contributed by atoms with van der Waals surface area (Å²) in [5.41, 5.74) is 3.40. The van der Waals surface area contributed by atoms with Crippen LogP contribution in [0.4, 0.5) is 11.4 Å². The fraction of sp³-hybridized carbons (Fsp3) is 0.519. The van der Waals surface area contributed by atoms with Crippen molar-refractivity contribution < 1.29 is 14.3 Å². The highest BCUT2D eigenvalue weighted by atomic mass is 16.5. The van der Waals surface area contributed by atoms with E-state index in [0.717, 1.165) is 57.1 Å². The van der Waals surface area contributed by atoms with E-state index < -0.39 is 0 Å². The molecule has 1 aliphatic heterocycles. The summed E-state index contributed by atoms with van der Waals surface area (Å²) in [5, 5.41) is 6.60. The number of benzene rings is 2. The molecule has 6 nitrogen and oxygen atoms in total. The molecule has 0 aromatic heterocycles. The van der Waals surface area contributed by atoms with Gasteiger partial charge in [0, 0.05) is 36.4 Å². The molecular weight excluding hydrogens is 414 g/mol. The second-order valence-electron chi connectivity index (χ2n) is 9.31. The van der Waals surface area contributed by atoms with E-state index in [1.807, 2.05) is 31.2 Å². The summed E-state index contributed by atoms with van der Waals surface area (Å²) >= 11 is 0. The summed E-state index contributed by atoms with van der Waals surface area (Å²) in [5.74, 6) is 0.875. The first kappa shape index (κ1) is 23.6. The predicted octanol–water partition coefficient (Wildman–Crippen LogP) is 4.35. The summed E-state index contributed by atoms with van der Waals surface area (Å²) < 4.78 is 10.8. The van der Waals surface area contributed by atoms with Crippen molar-refractivity contribution in [3.63, 3.8) is 0 Å². The molecular formula is C27H37N3O3. The monoisotopic (exact) mass is 451 g/mol. The molecule has 1 saturated carbocycles. The van der Waals surface area contributed by atoms with Gasteiger partial charge in [-0.2, -0.15) is 0 Å². The highest BCUT2D eigenvalue weighted by Crippen LogP contribution is 2.39. The van der Waals surface area contributed by atoms with E-state index >= 15 is 0 Å². The summed E-state index contributed by atoms with van der Waals surface area (Å²) in [4.78, 5) is 15.2. The standard InChI is InChI=1S/C27H37N3O3/c1-21(26(31)29-23-8-10-24(11-9-23)30-16-18-33-19-17-30)28-20-27(14-4-3-5-15-27)22-6-12-25(32-2)13-7-22/h6-13,21,28H,3-5,14-20H2,1-2H3,(H,29,31). The van der Waals surface area contributed by atoms with Crippen LogP contribution in [0.25, 0.3) is 0 Å². The average molecular weight is 452 g/mol. The summed E-state index contributed by atoms with van der Waals surface area (Å²) in [7, 11) is 1.70. The predicted molar refractivity (Wildman–Crippen MR) is 133 cm³/mol. The summed E-state index contributed by atoms with van der Waals surface area (Å²) in [6.45, 7) is 6.08. The van der Waals surface area contributed by atoms with Crippen LogP contribution in [0.2, 0.25) is 0 Å². The molecule has 1 saturated heterocycles. The highest BCUT2D eigenvalue weighted by molar-refractivity contribution is 5.94. The van der Waals surface area contributed by atoms with Crippen molar-refractivity contribution >= 4 is 17.3 Å². The molecule has 1 unspecified atom stereocenters. The van der Waals surface area contributed by atoms with Gasteiger partial charge in [0.2, 0.25) is 5.91 Å². The van der Waals surface area contributed by atoms with Gasteiger partial charge in [-0.15, -0.1) is 0 Å². The first-order valence-electron chi connectivity index (χ1n) is 12.2. The molecule has 2 aliphatic rings. The van der Waals surface area contributed by atoms with Crippen LogP contribution in [-0.2, 0) is 14.9 Å². The molecule has 2 aromatic carbocycles. The minimum Gasteiger partial charge on any atom is -0.497 e. The number of methoxy groups -OCH3 is 1. The molecule has 2 aromatic rings. The smallest absolute Gasteiger partial charge is 0.241 e. The minimum atomic E-state index is -0.277. The van der Waals surface area contributed by atoms with Gasteiger partial charge in [0.15, 0.2) is 0 Å². The topological polar surface area (TPSA) is 62.8 Å². The maximum Gasteiger partial charge on any atom is 0.241 e. The van der Waals surface area contributed by atoms with E-state index in [9.17, 15) is 4.79 Å². The lowest BCUT2D eigenvalue weighted by Gasteiger charge is -2.39. The third-order valence-corrected chi connectivity index (χ3v) is 7.16. The number of anilines is 2. The summed E-state index contributed by atoms with van der Waals surface area (Å²) in [6.07, 6.45) is 6.02. The van der Waals surface area contributed by atoms with Crippen molar-refractivity contribution in [3.05, 3.63) is 54.1 Å². The van der Waals surface area contributed by atoms with Crippen molar-refractivity contribution in [1.82, 2.24) is 5.32 Å². The van der Waals surface area contributed by atoms with Crippen LogP contribution in [0.1, 0.15) is 44.6 Å². The van der Waals surface area contributed by atoms with E-state index in [1.54, 1.807) is 7.11 Å². The van der Waals surface area contributed by atoms with Crippen LogP contribution in [0, 0.1) is 0 Å². The van der Waals surface area contributed by atoms with Gasteiger partial charge in [0.1, 0.15) is 5.75 Å². The minimum absolute atomic E-state index is 0.00480. The fourth-order valence-corrected chi connectivity index (χ4v) is 5.01. The van der Waals surface area contributed by atoms with Crippen molar-refractivity contribution in [2.24, 2.45) is 0 Å². The number of rotatable bonds is 8. The number of carbonyl (C=O) groups is 1. The van der Waals surface area contributed by atoms with Gasteiger partial charge < -0.3 is 25.0 Å². The Morgan fingerprint density at radius 1 is 1.03 bits per heavy atom. The number of carbonyl (C=O) groups excluding carboxylic acids is 1. The van der Waals surface area contributed by atoms with E-state index in [-0.39, 0.29) is 17.4 Å². The SMILES string of the molecule is COc1ccc(C2(CNC(C)C(=O)Nc3ccc(N4CCOCC4)cc3)CCCCC2)cc1. The van der Waals surface area contributed by atoms with E-state index in [0.29, 0.717) is 0 Å². The maximum absolute atomic E-state index is 12.9. The molecule has 1 aliphatic carbocycles. The van der Waals surface area contributed by atoms with Gasteiger partial charge in [-0.3, -0.25) is 4.79 Å². The number of nitrogens with zero attached hydrogens (tertiary/aromatic N) is 1. The van der Waals surface area contributed by atoms with Gasteiger partial charge in [-0.05, 0) is 61.7 Å². The zero-order valence-corrected chi connectivity index (χ0v) is 19.9. The highest BCUT2D eigenvalue weighted by Gasteiger charge is 2.34. The Morgan fingerprint density at radius 2 is 1.70 bits per heavy atom. The third-order valence-electron chi connectivity index (χ3n) is 7.16. The molecule has 0 radical (unpaired) electrons. The molecule has 0 spiro atoms. The maximum atomic E-state index is 12.9. The second-order valence-corrected chi connectivity index (χ2v) is 9.31. The zero-order chi connectivity index (χ0) is 23.1. The Bertz CT molecular complexity index is 886. The second kappa shape index (κ2) is 11.0. The van der Waals surface area contributed by atoms with Gasteiger partial charge in [-0.1, -0.05) is 31.4 Å². The Morgan fingerprint density at radius 3 is 2.33 bits per heavy atom. The number of amides is 1. The molecule has 178 valence electrons. The molecule has 33 heavy (non-hydrogen) atoms. The Balaban J connectivity index is 1.35. The zero-order valence-electron chi connectivity index (χ0n) is 19.9. The molecule has 1 amide bonds. The van der Waals surface area contributed by atoms with Crippen molar-refractivity contribution in [2.45, 2.75) is 50.5 Å². The van der Waals surface area contributed by atoms with Gasteiger partial charge in [-0.25, -0.2) is 0 Å². The molecule has 2 N–H and O–H groups in total. The normalized spacial score (nSPS) is 19.0. The molecule has 4 rings (SSSR count). The van der Waals surface area contributed by atoms with Crippen LogP contribution in [0.15, 0.2) is 48.5 Å². The quantitative estimate of drug-likeness (QED) is 0.625. The first-order valence-corrected chi connectivity index (χ1v) is 12.2. The number of hydrogen-bond donors (Lipinski definition) is 2. The lowest BCUT2D eigenvalue weighted by atomic mass is 9.69. The average Bonchev–Trinajstić information content (AvgIpc) is 2.89. The Hall–Kier alpha value is -2.57. The summed E-state index contributed by atoms with van der Waals surface area (Å²) in [6, 6.07) is 16.3. The van der Waals surface area contributed by atoms with Gasteiger partial charge in [0.25, 0.3) is 0 Å². The van der Waals surface area contributed by atoms with E-state index in [2.05, 4.69) is 39.8 Å². The van der Waals surface area contributed by atoms with E-state index in [4.69, 9.17) is 9.47 Å². The number of morpholine rings is 1. The number of nitrogens with one attached hydrogen (secondary N) is 2. The fourth-order valence-electron chi connectivity index (χ4n) is 5.01. The molecule has 6 heteroatoms. The Kier molecular flexibility index (Phi) is 7.89. The molecule has 1 heterocycles. The van der Waals surface area contributed by atoms with Gasteiger partial charge >= 0.3 is 0 Å². The van der Waals surface area contributed by atoms with Crippen LogP contribution < -0.4 is 20.3 Å². The van der Waals surface area contributed by atoms with Gasteiger partial charge in [0.05, 0.1) is 26.4 Å².